The largest absolute Gasteiger partial charge is 0.325 e. The minimum Gasteiger partial charge on any atom is -0.325 e. The molecule has 1 aliphatic rings. The van der Waals surface area contributed by atoms with Crippen LogP contribution in [0.5, 0.6) is 0 Å². The number of carbonyl (C=O) groups excluding carboxylic acids is 1. The highest BCUT2D eigenvalue weighted by Crippen LogP contribution is 2.16. The van der Waals surface area contributed by atoms with E-state index in [0.717, 1.165) is 19.4 Å². The maximum Gasteiger partial charge on any atom is 0.241 e. The van der Waals surface area contributed by atoms with Gasteiger partial charge in [-0.25, -0.2) is 0 Å². The van der Waals surface area contributed by atoms with Crippen LogP contribution in [0, 0.1) is 11.3 Å². The number of amides is 1. The van der Waals surface area contributed by atoms with E-state index in [1.54, 1.807) is 4.90 Å². The van der Waals surface area contributed by atoms with Crippen LogP contribution in [-0.4, -0.2) is 42.5 Å². The molecule has 0 saturated carbocycles. The molecule has 0 bridgehead atoms. The Bertz CT molecular complexity index is 261. The molecule has 0 aromatic carbocycles. The lowest BCUT2D eigenvalue weighted by Crippen LogP contribution is -2.50. The summed E-state index contributed by atoms with van der Waals surface area (Å²) < 4.78 is 0. The lowest BCUT2D eigenvalue weighted by molar-refractivity contribution is -0.132. The van der Waals surface area contributed by atoms with Gasteiger partial charge >= 0.3 is 0 Å². The molecule has 5 heteroatoms. The minimum absolute atomic E-state index is 0.111. The summed E-state index contributed by atoms with van der Waals surface area (Å²) in [5.41, 5.74) is 5.74. The standard InChI is InChI=1S/C10H18N4O/c1-2-13-7-9(12)10(15)14-5-3-4-8(14)6-11/h8-9,13H,2-5,7,12H2,1H3/t8-,9-/m0/s1. The van der Waals surface area contributed by atoms with Crippen LogP contribution >= 0.6 is 0 Å². The molecule has 3 N–H and O–H groups in total. The van der Waals surface area contributed by atoms with Gasteiger partial charge in [-0.15, -0.1) is 0 Å². The third-order valence-electron chi connectivity index (χ3n) is 2.62. The zero-order valence-corrected chi connectivity index (χ0v) is 9.07. The lowest BCUT2D eigenvalue weighted by atomic mass is 10.2. The van der Waals surface area contributed by atoms with Crippen molar-refractivity contribution in [3.05, 3.63) is 0 Å². The second-order valence-corrected chi connectivity index (χ2v) is 3.73. The number of hydrogen-bond acceptors (Lipinski definition) is 4. The summed E-state index contributed by atoms with van der Waals surface area (Å²) in [4.78, 5) is 13.4. The van der Waals surface area contributed by atoms with E-state index in [0.29, 0.717) is 13.1 Å². The first-order chi connectivity index (χ1) is 7.20. The van der Waals surface area contributed by atoms with Gasteiger partial charge in [-0.3, -0.25) is 4.79 Å². The van der Waals surface area contributed by atoms with E-state index in [1.165, 1.54) is 0 Å². The average molecular weight is 210 g/mol. The van der Waals surface area contributed by atoms with E-state index < -0.39 is 6.04 Å². The Labute approximate surface area is 90.2 Å². The Hall–Kier alpha value is -1.12. The third-order valence-corrected chi connectivity index (χ3v) is 2.62. The number of hydrogen-bond donors (Lipinski definition) is 2. The Morgan fingerprint density at radius 3 is 3.13 bits per heavy atom. The number of nitriles is 1. The van der Waals surface area contributed by atoms with E-state index in [-0.39, 0.29) is 11.9 Å². The molecule has 0 aliphatic carbocycles. The van der Waals surface area contributed by atoms with Crippen LogP contribution < -0.4 is 11.1 Å². The fourth-order valence-corrected chi connectivity index (χ4v) is 1.76. The molecule has 0 aromatic heterocycles. The van der Waals surface area contributed by atoms with Crippen molar-refractivity contribution in [2.24, 2.45) is 5.73 Å². The van der Waals surface area contributed by atoms with Crippen molar-refractivity contribution in [2.75, 3.05) is 19.6 Å². The van der Waals surface area contributed by atoms with Crippen molar-refractivity contribution in [3.63, 3.8) is 0 Å². The molecular weight excluding hydrogens is 192 g/mol. The summed E-state index contributed by atoms with van der Waals surface area (Å²) in [7, 11) is 0. The van der Waals surface area contributed by atoms with Gasteiger partial charge in [-0.1, -0.05) is 6.92 Å². The SMILES string of the molecule is CCNC[C@H](N)C(=O)N1CCC[C@H]1C#N. The van der Waals surface area contributed by atoms with Gasteiger partial charge < -0.3 is 16.0 Å². The molecule has 0 radical (unpaired) electrons. The maximum atomic E-state index is 11.8. The summed E-state index contributed by atoms with van der Waals surface area (Å²) in [6.07, 6.45) is 1.67. The van der Waals surface area contributed by atoms with Crippen molar-refractivity contribution < 1.29 is 4.79 Å². The molecule has 15 heavy (non-hydrogen) atoms. The van der Waals surface area contributed by atoms with Crippen LogP contribution in [0.1, 0.15) is 19.8 Å². The monoisotopic (exact) mass is 210 g/mol. The maximum absolute atomic E-state index is 11.8. The third kappa shape index (κ3) is 2.91. The summed E-state index contributed by atoms with van der Waals surface area (Å²) in [6, 6.07) is 1.33. The van der Waals surface area contributed by atoms with Crippen molar-refractivity contribution in [1.29, 1.82) is 5.26 Å². The van der Waals surface area contributed by atoms with Crippen LogP contribution in [0.15, 0.2) is 0 Å². The van der Waals surface area contributed by atoms with E-state index in [2.05, 4.69) is 11.4 Å². The van der Waals surface area contributed by atoms with Gasteiger partial charge in [0.25, 0.3) is 0 Å². The number of nitrogens with one attached hydrogen (secondary N) is 1. The smallest absolute Gasteiger partial charge is 0.241 e. The summed E-state index contributed by atoms with van der Waals surface area (Å²) >= 11 is 0. The second kappa shape index (κ2) is 5.69. The first-order valence-electron chi connectivity index (χ1n) is 5.37. The van der Waals surface area contributed by atoms with Crippen LogP contribution in [-0.2, 0) is 4.79 Å². The minimum atomic E-state index is -0.529. The van der Waals surface area contributed by atoms with Crippen molar-refractivity contribution >= 4 is 5.91 Å². The Balaban J connectivity index is 2.48. The van der Waals surface area contributed by atoms with Gasteiger partial charge in [-0.05, 0) is 19.4 Å². The van der Waals surface area contributed by atoms with Crippen LogP contribution in [0.2, 0.25) is 0 Å². The Morgan fingerprint density at radius 2 is 2.53 bits per heavy atom. The molecule has 0 spiro atoms. The quantitative estimate of drug-likeness (QED) is 0.651. The molecule has 1 aliphatic heterocycles. The molecule has 84 valence electrons. The lowest BCUT2D eigenvalue weighted by Gasteiger charge is -2.23. The molecule has 1 saturated heterocycles. The fourth-order valence-electron chi connectivity index (χ4n) is 1.76. The molecule has 1 fully saturated rings. The second-order valence-electron chi connectivity index (χ2n) is 3.73. The van der Waals surface area contributed by atoms with Crippen molar-refractivity contribution in [2.45, 2.75) is 31.8 Å². The van der Waals surface area contributed by atoms with Gasteiger partial charge in [0, 0.05) is 13.1 Å². The van der Waals surface area contributed by atoms with Gasteiger partial charge in [0.05, 0.1) is 12.1 Å². The molecule has 0 unspecified atom stereocenters. The highest BCUT2D eigenvalue weighted by molar-refractivity contribution is 5.82. The summed E-state index contributed by atoms with van der Waals surface area (Å²) in [6.45, 7) is 3.90. The van der Waals surface area contributed by atoms with Crippen molar-refractivity contribution in [1.82, 2.24) is 10.2 Å². The summed E-state index contributed by atoms with van der Waals surface area (Å²) in [5.74, 6) is -0.111. The van der Waals surface area contributed by atoms with Gasteiger partial charge in [0.15, 0.2) is 0 Å². The number of nitrogens with two attached hydrogens (primary N) is 1. The van der Waals surface area contributed by atoms with Gasteiger partial charge in [0.1, 0.15) is 6.04 Å². The molecule has 2 atom stereocenters. The summed E-state index contributed by atoms with van der Waals surface area (Å²) in [5, 5.41) is 11.9. The molecule has 1 amide bonds. The number of rotatable bonds is 4. The Kier molecular flexibility index (Phi) is 4.53. The molecule has 5 nitrogen and oxygen atoms in total. The van der Waals surface area contributed by atoms with E-state index in [1.807, 2.05) is 6.92 Å². The first-order valence-corrected chi connectivity index (χ1v) is 5.37. The molecule has 1 rings (SSSR count). The molecule has 0 aromatic rings. The zero-order chi connectivity index (χ0) is 11.3. The van der Waals surface area contributed by atoms with E-state index in [9.17, 15) is 4.79 Å². The first kappa shape index (κ1) is 12.0. The van der Waals surface area contributed by atoms with Crippen LogP contribution in [0.4, 0.5) is 0 Å². The average Bonchev–Trinajstić information content (AvgIpc) is 2.72. The predicted octanol–water partition coefficient (Wildman–Crippen LogP) is -0.562. The fraction of sp³-hybridized carbons (Fsp3) is 0.800. The highest BCUT2D eigenvalue weighted by Gasteiger charge is 2.31. The highest BCUT2D eigenvalue weighted by atomic mass is 16.2. The van der Waals surface area contributed by atoms with E-state index >= 15 is 0 Å². The number of likely N-dealkylation sites (N-methyl/N-ethyl adjacent to an activating group) is 1. The Morgan fingerprint density at radius 1 is 1.80 bits per heavy atom. The molecular formula is C10H18N4O. The van der Waals surface area contributed by atoms with Gasteiger partial charge in [-0.2, -0.15) is 5.26 Å². The van der Waals surface area contributed by atoms with Crippen LogP contribution in [0.3, 0.4) is 0 Å². The predicted molar refractivity (Wildman–Crippen MR) is 56.9 cm³/mol. The number of carbonyl (C=O) groups is 1. The van der Waals surface area contributed by atoms with Crippen LogP contribution in [0.25, 0.3) is 0 Å². The number of nitrogens with zero attached hydrogens (tertiary/aromatic N) is 2. The molecule has 1 heterocycles. The van der Waals surface area contributed by atoms with Gasteiger partial charge in [0.2, 0.25) is 5.91 Å². The number of likely N-dealkylation sites (tertiary alicyclic amines) is 1. The van der Waals surface area contributed by atoms with E-state index in [4.69, 9.17) is 11.0 Å². The van der Waals surface area contributed by atoms with Crippen molar-refractivity contribution in [3.8, 4) is 6.07 Å². The topological polar surface area (TPSA) is 82.2 Å². The normalized spacial score (nSPS) is 22.5. The zero-order valence-electron chi connectivity index (χ0n) is 9.07.